The molecule has 1 aliphatic rings. The Morgan fingerprint density at radius 2 is 1.96 bits per heavy atom. The molecule has 0 unspecified atom stereocenters. The van der Waals surface area contributed by atoms with E-state index in [0.717, 1.165) is 34.8 Å². The molecule has 1 aliphatic heterocycles. The molecule has 1 N–H and O–H groups in total. The van der Waals surface area contributed by atoms with Crippen molar-refractivity contribution in [2.75, 3.05) is 25.5 Å². The Kier molecular flexibility index (Phi) is 4.35. The summed E-state index contributed by atoms with van der Waals surface area (Å²) in [6.07, 6.45) is 2.40. The molecule has 0 aliphatic carbocycles. The van der Waals surface area contributed by atoms with Gasteiger partial charge >= 0.3 is 0 Å². The Balaban J connectivity index is 1.71. The summed E-state index contributed by atoms with van der Waals surface area (Å²) in [4.78, 5) is 33.3. The first-order chi connectivity index (χ1) is 13.0. The lowest BCUT2D eigenvalue weighted by Crippen LogP contribution is -2.38. The van der Waals surface area contributed by atoms with Crippen LogP contribution < -0.4 is 4.90 Å². The van der Waals surface area contributed by atoms with Gasteiger partial charge in [0.2, 0.25) is 0 Å². The Morgan fingerprint density at radius 1 is 1.19 bits per heavy atom. The molecule has 4 rings (SSSR count). The zero-order valence-corrected chi connectivity index (χ0v) is 15.7. The number of fused-ring (bicyclic) bond motifs is 1. The summed E-state index contributed by atoms with van der Waals surface area (Å²) >= 11 is 0. The Labute approximate surface area is 158 Å². The second-order valence-corrected chi connectivity index (χ2v) is 6.95. The summed E-state index contributed by atoms with van der Waals surface area (Å²) in [5, 5.41) is 0. The molecule has 0 atom stereocenters. The third-order valence-corrected chi connectivity index (χ3v) is 4.69. The molecule has 138 valence electrons. The van der Waals surface area contributed by atoms with E-state index in [2.05, 4.69) is 9.97 Å². The highest BCUT2D eigenvalue weighted by Gasteiger charge is 2.28. The second kappa shape index (κ2) is 6.83. The van der Waals surface area contributed by atoms with Gasteiger partial charge in [-0.25, -0.2) is 15.0 Å². The van der Waals surface area contributed by atoms with Crippen molar-refractivity contribution in [1.29, 1.82) is 0 Å². The van der Waals surface area contributed by atoms with Crippen LogP contribution in [0.3, 0.4) is 0 Å². The maximum absolute atomic E-state index is 12.8. The average molecular weight is 362 g/mol. The zero-order chi connectivity index (χ0) is 19.0. The van der Waals surface area contributed by atoms with Crippen molar-refractivity contribution in [3.8, 4) is 11.4 Å². The normalized spacial score (nSPS) is 13.4. The van der Waals surface area contributed by atoms with Gasteiger partial charge in [0.15, 0.2) is 11.6 Å². The second-order valence-electron chi connectivity index (χ2n) is 6.95. The van der Waals surface area contributed by atoms with Crippen molar-refractivity contribution in [3.05, 3.63) is 59.3 Å². The highest BCUT2D eigenvalue weighted by molar-refractivity contribution is 5.90. The van der Waals surface area contributed by atoms with Gasteiger partial charge in [-0.2, -0.15) is 0 Å². The average Bonchev–Trinajstić information content (AvgIpc) is 3.13. The molecule has 0 saturated heterocycles. The van der Waals surface area contributed by atoms with Gasteiger partial charge in [0, 0.05) is 43.7 Å². The molecule has 0 bridgehead atoms. The van der Waals surface area contributed by atoms with E-state index in [1.807, 2.05) is 56.3 Å². The number of aromatic nitrogens is 4. The number of hydrogen-bond donors (Lipinski definition) is 1. The number of benzene rings is 1. The summed E-state index contributed by atoms with van der Waals surface area (Å²) in [6, 6.07) is 9.92. The SMILES string of the molecule is Cc1cnc(C(=O)N2CCc3c(nc(-c4ccccc4)nc3N(C)C)C2)[nH]1. The minimum absolute atomic E-state index is 0.0972. The van der Waals surface area contributed by atoms with Crippen molar-refractivity contribution < 1.29 is 4.79 Å². The van der Waals surface area contributed by atoms with Gasteiger partial charge in [-0.15, -0.1) is 0 Å². The van der Waals surface area contributed by atoms with Crippen molar-refractivity contribution in [3.63, 3.8) is 0 Å². The van der Waals surface area contributed by atoms with Crippen LogP contribution in [0.5, 0.6) is 0 Å². The Bertz CT molecular complexity index is 979. The van der Waals surface area contributed by atoms with E-state index >= 15 is 0 Å². The smallest absolute Gasteiger partial charge is 0.290 e. The highest BCUT2D eigenvalue weighted by Crippen LogP contribution is 2.28. The van der Waals surface area contributed by atoms with Crippen molar-refractivity contribution in [2.24, 2.45) is 0 Å². The Hall–Kier alpha value is -3.22. The van der Waals surface area contributed by atoms with E-state index in [0.29, 0.717) is 24.7 Å². The summed E-state index contributed by atoms with van der Waals surface area (Å²) in [6.45, 7) is 2.97. The van der Waals surface area contributed by atoms with E-state index < -0.39 is 0 Å². The molecule has 1 amide bonds. The predicted molar refractivity (Wildman–Crippen MR) is 104 cm³/mol. The lowest BCUT2D eigenvalue weighted by atomic mass is 10.0. The topological polar surface area (TPSA) is 78.0 Å². The molecule has 0 radical (unpaired) electrons. The van der Waals surface area contributed by atoms with Crippen LogP contribution >= 0.6 is 0 Å². The first-order valence-electron chi connectivity index (χ1n) is 8.96. The molecule has 7 nitrogen and oxygen atoms in total. The first kappa shape index (κ1) is 17.2. The van der Waals surface area contributed by atoms with Crippen LogP contribution in [-0.4, -0.2) is 51.4 Å². The number of carbonyl (C=O) groups is 1. The number of anilines is 1. The number of hydrogen-bond acceptors (Lipinski definition) is 5. The van der Waals surface area contributed by atoms with E-state index in [9.17, 15) is 4.79 Å². The number of aryl methyl sites for hydroxylation is 1. The van der Waals surface area contributed by atoms with Gasteiger partial charge in [-0.05, 0) is 13.3 Å². The fourth-order valence-corrected chi connectivity index (χ4v) is 3.34. The minimum atomic E-state index is -0.0972. The summed E-state index contributed by atoms with van der Waals surface area (Å²) in [5.41, 5.74) is 3.85. The van der Waals surface area contributed by atoms with Crippen molar-refractivity contribution in [1.82, 2.24) is 24.8 Å². The quantitative estimate of drug-likeness (QED) is 0.774. The minimum Gasteiger partial charge on any atom is -0.362 e. The van der Waals surface area contributed by atoms with Crippen molar-refractivity contribution >= 4 is 11.7 Å². The van der Waals surface area contributed by atoms with E-state index in [-0.39, 0.29) is 5.91 Å². The van der Waals surface area contributed by atoms with E-state index in [1.165, 1.54) is 0 Å². The van der Waals surface area contributed by atoms with Gasteiger partial charge in [0.1, 0.15) is 5.82 Å². The number of amides is 1. The van der Waals surface area contributed by atoms with Crippen LogP contribution in [0, 0.1) is 6.92 Å². The molecule has 1 aromatic carbocycles. The van der Waals surface area contributed by atoms with Gasteiger partial charge in [-0.3, -0.25) is 4.79 Å². The molecule has 27 heavy (non-hydrogen) atoms. The summed E-state index contributed by atoms with van der Waals surface area (Å²) in [7, 11) is 3.97. The molecule has 7 heteroatoms. The maximum atomic E-state index is 12.8. The van der Waals surface area contributed by atoms with Gasteiger partial charge in [-0.1, -0.05) is 30.3 Å². The van der Waals surface area contributed by atoms with Crippen LogP contribution in [0.4, 0.5) is 5.82 Å². The van der Waals surface area contributed by atoms with Gasteiger partial charge in [0.05, 0.1) is 12.2 Å². The highest BCUT2D eigenvalue weighted by atomic mass is 16.2. The van der Waals surface area contributed by atoms with Crippen LogP contribution in [0.15, 0.2) is 36.5 Å². The number of nitrogens with zero attached hydrogens (tertiary/aromatic N) is 5. The van der Waals surface area contributed by atoms with Crippen LogP contribution in [0.1, 0.15) is 27.6 Å². The number of H-pyrrole nitrogens is 1. The number of rotatable bonds is 3. The number of nitrogens with one attached hydrogen (secondary N) is 1. The van der Waals surface area contributed by atoms with Crippen LogP contribution in [0.2, 0.25) is 0 Å². The van der Waals surface area contributed by atoms with Gasteiger partial charge < -0.3 is 14.8 Å². The third-order valence-electron chi connectivity index (χ3n) is 4.69. The predicted octanol–water partition coefficient (Wildman–Crippen LogP) is 2.44. The van der Waals surface area contributed by atoms with Crippen molar-refractivity contribution in [2.45, 2.75) is 19.9 Å². The summed E-state index contributed by atoms with van der Waals surface area (Å²) < 4.78 is 0. The Morgan fingerprint density at radius 3 is 2.63 bits per heavy atom. The number of carbonyl (C=O) groups excluding carboxylic acids is 1. The summed E-state index contributed by atoms with van der Waals surface area (Å²) in [5.74, 6) is 1.88. The lowest BCUT2D eigenvalue weighted by Gasteiger charge is -2.30. The number of aromatic amines is 1. The zero-order valence-electron chi connectivity index (χ0n) is 15.7. The molecular formula is C20H22N6O. The number of imidazole rings is 1. The molecular weight excluding hydrogens is 340 g/mol. The fourth-order valence-electron chi connectivity index (χ4n) is 3.34. The molecule has 3 heterocycles. The first-order valence-corrected chi connectivity index (χ1v) is 8.96. The van der Waals surface area contributed by atoms with E-state index in [4.69, 9.17) is 9.97 Å². The van der Waals surface area contributed by atoms with Crippen LogP contribution in [-0.2, 0) is 13.0 Å². The van der Waals surface area contributed by atoms with Crippen LogP contribution in [0.25, 0.3) is 11.4 Å². The molecule has 3 aromatic rings. The molecule has 0 fully saturated rings. The largest absolute Gasteiger partial charge is 0.362 e. The lowest BCUT2D eigenvalue weighted by molar-refractivity contribution is 0.0720. The standard InChI is InChI=1S/C20H22N6O/c1-13-11-21-18(22-13)20(27)26-10-9-15-16(12-26)23-17(24-19(15)25(2)3)14-7-5-4-6-8-14/h4-8,11H,9-10,12H2,1-3H3,(H,21,22). The van der Waals surface area contributed by atoms with E-state index in [1.54, 1.807) is 11.1 Å². The molecule has 2 aromatic heterocycles. The monoisotopic (exact) mass is 362 g/mol. The molecule has 0 spiro atoms. The fraction of sp³-hybridized carbons (Fsp3) is 0.300. The molecule has 0 saturated carbocycles. The maximum Gasteiger partial charge on any atom is 0.290 e. The third kappa shape index (κ3) is 3.28. The van der Waals surface area contributed by atoms with Gasteiger partial charge in [0.25, 0.3) is 5.91 Å².